The molecule has 0 N–H and O–H groups in total. The van der Waals surface area contributed by atoms with Crippen molar-refractivity contribution < 1.29 is 0 Å². The molecule has 8 heavy (non-hydrogen) atoms. The Hall–Kier alpha value is -0.790. The van der Waals surface area contributed by atoms with E-state index in [1.807, 2.05) is 7.05 Å². The Labute approximate surface area is 49.5 Å². The number of hydrogen-bond acceptors (Lipinski definition) is 2. The molecule has 1 heterocycles. The zero-order valence-corrected chi connectivity index (χ0v) is 5.09. The van der Waals surface area contributed by atoms with Gasteiger partial charge in [0.25, 0.3) is 0 Å². The summed E-state index contributed by atoms with van der Waals surface area (Å²) in [7, 11) is 2.02. The molecule has 0 saturated heterocycles. The Morgan fingerprint density at radius 2 is 2.62 bits per heavy atom. The molecule has 1 aliphatic heterocycles. The first-order valence-electron chi connectivity index (χ1n) is 2.72. The van der Waals surface area contributed by atoms with Gasteiger partial charge in [-0.25, -0.2) is 0 Å². The van der Waals surface area contributed by atoms with Crippen LogP contribution in [0.1, 0.15) is 0 Å². The van der Waals surface area contributed by atoms with Crippen LogP contribution in [0.4, 0.5) is 0 Å². The maximum atomic E-state index is 4.16. The lowest BCUT2D eigenvalue weighted by molar-refractivity contribution is 0.558. The summed E-state index contributed by atoms with van der Waals surface area (Å²) in [4.78, 5) is 6.25. The van der Waals surface area contributed by atoms with Crippen LogP contribution in [0.25, 0.3) is 0 Å². The molecule has 0 amide bonds. The lowest BCUT2D eigenvalue weighted by Crippen LogP contribution is -2.20. The van der Waals surface area contributed by atoms with E-state index in [2.05, 4.69) is 16.5 Å². The van der Waals surface area contributed by atoms with Crippen molar-refractivity contribution >= 4 is 5.84 Å². The predicted molar refractivity (Wildman–Crippen MR) is 35.1 cm³/mol. The average molecular weight is 110 g/mol. The molecule has 0 aromatic rings. The fraction of sp³-hybridized carbons (Fsp3) is 0.500. The number of nitrogens with zero attached hydrogens (tertiary/aromatic N) is 2. The van der Waals surface area contributed by atoms with Gasteiger partial charge >= 0.3 is 0 Å². The van der Waals surface area contributed by atoms with Crippen molar-refractivity contribution in [3.63, 3.8) is 0 Å². The number of likely N-dealkylation sites (N-methyl/N-ethyl adjacent to an activating group) is 1. The zero-order valence-electron chi connectivity index (χ0n) is 5.09. The van der Waals surface area contributed by atoms with Crippen molar-refractivity contribution in [2.75, 3.05) is 20.1 Å². The predicted octanol–water partition coefficient (Wildman–Crippen LogP) is 0.516. The smallest absolute Gasteiger partial charge is 0.122 e. The second kappa shape index (κ2) is 1.99. The van der Waals surface area contributed by atoms with Crippen LogP contribution in [-0.4, -0.2) is 30.9 Å². The fourth-order valence-corrected chi connectivity index (χ4v) is 0.770. The molecule has 44 valence electrons. The Kier molecular flexibility index (Phi) is 1.33. The van der Waals surface area contributed by atoms with Crippen LogP contribution in [0, 0.1) is 0 Å². The van der Waals surface area contributed by atoms with E-state index in [4.69, 9.17) is 0 Å². The number of hydrogen-bond donors (Lipinski definition) is 0. The van der Waals surface area contributed by atoms with Crippen LogP contribution in [0.15, 0.2) is 17.6 Å². The highest BCUT2D eigenvalue weighted by Crippen LogP contribution is 1.96. The molecule has 1 aliphatic rings. The van der Waals surface area contributed by atoms with Gasteiger partial charge in [0, 0.05) is 13.6 Å². The lowest BCUT2D eigenvalue weighted by Gasteiger charge is -2.08. The van der Waals surface area contributed by atoms with Gasteiger partial charge in [0.05, 0.1) is 6.54 Å². The van der Waals surface area contributed by atoms with Gasteiger partial charge in [-0.2, -0.15) is 0 Å². The molecule has 0 unspecified atom stereocenters. The molecule has 0 fully saturated rings. The van der Waals surface area contributed by atoms with Gasteiger partial charge in [-0.05, 0) is 6.08 Å². The van der Waals surface area contributed by atoms with E-state index in [1.54, 1.807) is 6.08 Å². The Morgan fingerprint density at radius 1 is 1.88 bits per heavy atom. The summed E-state index contributed by atoms with van der Waals surface area (Å²) in [5, 5.41) is 0. The highest BCUT2D eigenvalue weighted by molar-refractivity contribution is 5.93. The molecule has 0 saturated carbocycles. The van der Waals surface area contributed by atoms with Crippen molar-refractivity contribution in [2.45, 2.75) is 0 Å². The molecule has 2 heteroatoms. The third-order valence-corrected chi connectivity index (χ3v) is 1.28. The van der Waals surface area contributed by atoms with E-state index >= 15 is 0 Å². The van der Waals surface area contributed by atoms with Crippen molar-refractivity contribution in [2.24, 2.45) is 4.99 Å². The summed E-state index contributed by atoms with van der Waals surface area (Å²) in [6.07, 6.45) is 1.78. The van der Waals surface area contributed by atoms with E-state index in [-0.39, 0.29) is 0 Å². The third kappa shape index (κ3) is 0.735. The fourth-order valence-electron chi connectivity index (χ4n) is 0.770. The lowest BCUT2D eigenvalue weighted by atomic mass is 10.5. The van der Waals surface area contributed by atoms with Crippen LogP contribution in [0.5, 0.6) is 0 Å². The topological polar surface area (TPSA) is 15.6 Å². The van der Waals surface area contributed by atoms with Crippen molar-refractivity contribution in [1.82, 2.24) is 4.90 Å². The molecule has 2 nitrogen and oxygen atoms in total. The first-order valence-corrected chi connectivity index (χ1v) is 2.72. The minimum atomic E-state index is 0.928. The van der Waals surface area contributed by atoms with Crippen LogP contribution in [-0.2, 0) is 0 Å². The molecule has 0 spiro atoms. The molecule has 0 radical (unpaired) electrons. The minimum Gasteiger partial charge on any atom is -0.358 e. The number of amidine groups is 1. The average Bonchev–Trinajstić information content (AvgIpc) is 2.14. The van der Waals surface area contributed by atoms with Gasteiger partial charge in [-0.15, -0.1) is 0 Å². The van der Waals surface area contributed by atoms with E-state index in [0.29, 0.717) is 0 Å². The Balaban J connectivity index is 2.62. The van der Waals surface area contributed by atoms with Crippen LogP contribution in [0.2, 0.25) is 0 Å². The maximum absolute atomic E-state index is 4.16. The number of rotatable bonds is 1. The Morgan fingerprint density at radius 3 is 2.88 bits per heavy atom. The zero-order chi connectivity index (χ0) is 5.98. The van der Waals surface area contributed by atoms with Crippen LogP contribution in [0.3, 0.4) is 0 Å². The summed E-state index contributed by atoms with van der Waals surface area (Å²) in [6.45, 7) is 5.59. The molecule has 1 rings (SSSR count). The summed E-state index contributed by atoms with van der Waals surface area (Å²) >= 11 is 0. The Bertz CT molecular complexity index is 126. The van der Waals surface area contributed by atoms with Crippen LogP contribution >= 0.6 is 0 Å². The maximum Gasteiger partial charge on any atom is 0.122 e. The van der Waals surface area contributed by atoms with Crippen molar-refractivity contribution in [3.8, 4) is 0 Å². The standard InChI is InChI=1S/C6H10N2/c1-3-6-7-4-5-8(6)2/h3H,1,4-5H2,2H3. The van der Waals surface area contributed by atoms with Gasteiger partial charge in [-0.1, -0.05) is 6.58 Å². The van der Waals surface area contributed by atoms with E-state index < -0.39 is 0 Å². The highest BCUT2D eigenvalue weighted by atomic mass is 15.2. The molecule has 0 aromatic carbocycles. The van der Waals surface area contributed by atoms with Gasteiger partial charge in [0.15, 0.2) is 0 Å². The summed E-state index contributed by atoms with van der Waals surface area (Å²) in [6, 6.07) is 0. The molecular weight excluding hydrogens is 100 g/mol. The summed E-state index contributed by atoms with van der Waals surface area (Å²) < 4.78 is 0. The first kappa shape index (κ1) is 5.35. The van der Waals surface area contributed by atoms with Crippen molar-refractivity contribution in [3.05, 3.63) is 12.7 Å². The van der Waals surface area contributed by atoms with Crippen molar-refractivity contribution in [1.29, 1.82) is 0 Å². The first-order chi connectivity index (χ1) is 3.84. The van der Waals surface area contributed by atoms with Crippen LogP contribution < -0.4 is 0 Å². The largest absolute Gasteiger partial charge is 0.358 e. The molecule has 0 bridgehead atoms. The second-order valence-electron chi connectivity index (χ2n) is 1.87. The van der Waals surface area contributed by atoms with E-state index in [1.165, 1.54) is 0 Å². The van der Waals surface area contributed by atoms with E-state index in [0.717, 1.165) is 18.9 Å². The molecule has 0 aromatic heterocycles. The number of aliphatic imine (C=N–C) groups is 1. The van der Waals surface area contributed by atoms with E-state index in [9.17, 15) is 0 Å². The summed E-state index contributed by atoms with van der Waals surface area (Å²) in [5.74, 6) is 1.02. The molecular formula is C6H10N2. The van der Waals surface area contributed by atoms with Gasteiger partial charge in [0.1, 0.15) is 5.84 Å². The molecule has 0 atom stereocenters. The van der Waals surface area contributed by atoms with Gasteiger partial charge < -0.3 is 4.90 Å². The minimum absolute atomic E-state index is 0.928. The summed E-state index contributed by atoms with van der Waals surface area (Å²) in [5.41, 5.74) is 0. The van der Waals surface area contributed by atoms with Gasteiger partial charge in [-0.3, -0.25) is 4.99 Å². The highest BCUT2D eigenvalue weighted by Gasteiger charge is 2.06. The quantitative estimate of drug-likeness (QED) is 0.480. The SMILES string of the molecule is C=CC1=NCCN1C. The second-order valence-corrected chi connectivity index (χ2v) is 1.87. The molecule has 0 aliphatic carbocycles. The monoisotopic (exact) mass is 110 g/mol. The third-order valence-electron chi connectivity index (χ3n) is 1.28. The van der Waals surface area contributed by atoms with Gasteiger partial charge in [0.2, 0.25) is 0 Å². The normalized spacial score (nSPS) is 18.6.